The molecule has 5 heteroatoms. The summed E-state index contributed by atoms with van der Waals surface area (Å²) in [5, 5.41) is 7.32. The van der Waals surface area contributed by atoms with E-state index in [1.165, 1.54) is 23.2 Å². The van der Waals surface area contributed by atoms with Crippen LogP contribution < -0.4 is 10.9 Å². The van der Waals surface area contributed by atoms with E-state index in [9.17, 15) is 9.59 Å². The van der Waals surface area contributed by atoms with Crippen LogP contribution >= 0.6 is 0 Å². The van der Waals surface area contributed by atoms with E-state index in [-0.39, 0.29) is 22.7 Å². The third-order valence-corrected chi connectivity index (χ3v) is 4.41. The first kappa shape index (κ1) is 15.5. The van der Waals surface area contributed by atoms with Gasteiger partial charge in [0.15, 0.2) is 0 Å². The molecule has 1 aromatic heterocycles. The molecule has 1 aliphatic rings. The Hall–Kier alpha value is -2.43. The number of hydrogen-bond acceptors (Lipinski definition) is 3. The molecule has 0 aliphatic heterocycles. The molecule has 0 unspecified atom stereocenters. The number of para-hydroxylation sites is 1. The van der Waals surface area contributed by atoms with Gasteiger partial charge in [0.2, 0.25) is 0 Å². The average Bonchev–Trinajstić information content (AvgIpc) is 2.56. The zero-order valence-corrected chi connectivity index (χ0v) is 13.3. The van der Waals surface area contributed by atoms with Gasteiger partial charge in [-0.05, 0) is 38.0 Å². The molecule has 2 aromatic rings. The Morgan fingerprint density at radius 2 is 1.78 bits per heavy atom. The molecule has 0 spiro atoms. The van der Waals surface area contributed by atoms with Crippen LogP contribution in [0.3, 0.4) is 0 Å². The Kier molecular flexibility index (Phi) is 4.28. The van der Waals surface area contributed by atoms with Gasteiger partial charge < -0.3 is 5.32 Å². The fraction of sp³-hybridized carbons (Fsp3) is 0.389. The van der Waals surface area contributed by atoms with Gasteiger partial charge in [0.05, 0.1) is 5.69 Å². The van der Waals surface area contributed by atoms with Crippen molar-refractivity contribution >= 4 is 5.91 Å². The van der Waals surface area contributed by atoms with Crippen LogP contribution in [0, 0.1) is 0 Å². The van der Waals surface area contributed by atoms with Crippen LogP contribution in [0.1, 0.15) is 49.5 Å². The van der Waals surface area contributed by atoms with Crippen LogP contribution in [0.25, 0.3) is 5.69 Å². The Bertz CT molecular complexity index is 746. The second-order valence-corrected chi connectivity index (χ2v) is 6.38. The van der Waals surface area contributed by atoms with Crippen LogP contribution in [0.2, 0.25) is 0 Å². The highest BCUT2D eigenvalue weighted by atomic mass is 16.2. The smallest absolute Gasteiger partial charge is 0.272 e. The number of rotatable bonds is 3. The molecule has 0 atom stereocenters. The van der Waals surface area contributed by atoms with E-state index >= 15 is 0 Å². The van der Waals surface area contributed by atoms with Crippen molar-refractivity contribution in [3.63, 3.8) is 0 Å². The van der Waals surface area contributed by atoms with Gasteiger partial charge in [0.25, 0.3) is 11.5 Å². The number of benzene rings is 1. The predicted octanol–water partition coefficient (Wildman–Crippen LogP) is 2.69. The minimum Gasteiger partial charge on any atom is -0.345 e. The molecule has 1 aromatic carbocycles. The van der Waals surface area contributed by atoms with Crippen LogP contribution in [0.5, 0.6) is 0 Å². The molecule has 1 saturated carbocycles. The van der Waals surface area contributed by atoms with E-state index in [0.29, 0.717) is 5.69 Å². The lowest BCUT2D eigenvalue weighted by Crippen LogP contribution is -2.47. The monoisotopic (exact) mass is 311 g/mol. The number of hydrogen-bond donors (Lipinski definition) is 1. The normalized spacial score (nSPS) is 16.7. The molecule has 1 heterocycles. The molecule has 23 heavy (non-hydrogen) atoms. The molecule has 1 aliphatic carbocycles. The van der Waals surface area contributed by atoms with E-state index in [1.54, 1.807) is 12.1 Å². The first-order valence-corrected chi connectivity index (χ1v) is 8.06. The first-order valence-electron chi connectivity index (χ1n) is 8.06. The summed E-state index contributed by atoms with van der Waals surface area (Å²) in [5.74, 6) is -0.223. The molecule has 120 valence electrons. The van der Waals surface area contributed by atoms with Gasteiger partial charge >= 0.3 is 0 Å². The fourth-order valence-electron chi connectivity index (χ4n) is 3.08. The summed E-state index contributed by atoms with van der Waals surface area (Å²) < 4.78 is 1.26. The summed E-state index contributed by atoms with van der Waals surface area (Å²) in [6.07, 6.45) is 5.46. The second kappa shape index (κ2) is 6.36. The number of nitrogens with one attached hydrogen (secondary N) is 1. The molecule has 1 amide bonds. The summed E-state index contributed by atoms with van der Waals surface area (Å²) in [7, 11) is 0. The highest BCUT2D eigenvalue weighted by molar-refractivity contribution is 5.92. The molecule has 5 nitrogen and oxygen atoms in total. The first-order chi connectivity index (χ1) is 11.1. The van der Waals surface area contributed by atoms with Gasteiger partial charge in [-0.15, -0.1) is 0 Å². The molecule has 0 bridgehead atoms. The Balaban J connectivity index is 1.86. The highest BCUT2D eigenvalue weighted by Crippen LogP contribution is 2.27. The summed E-state index contributed by atoms with van der Waals surface area (Å²) in [6, 6.07) is 12.0. The molecular weight excluding hydrogens is 290 g/mol. The summed E-state index contributed by atoms with van der Waals surface area (Å²) in [6.45, 7) is 2.08. The molecule has 0 radical (unpaired) electrons. The van der Waals surface area contributed by atoms with E-state index < -0.39 is 0 Å². The van der Waals surface area contributed by atoms with Gasteiger partial charge in [-0.1, -0.05) is 37.5 Å². The van der Waals surface area contributed by atoms with Crippen molar-refractivity contribution in [1.82, 2.24) is 15.1 Å². The number of carbonyl (C=O) groups excluding carboxylic acids is 1. The molecular formula is C18H21N3O2. The second-order valence-electron chi connectivity index (χ2n) is 6.38. The van der Waals surface area contributed by atoms with Gasteiger partial charge in [0.1, 0.15) is 5.69 Å². The maximum absolute atomic E-state index is 12.5. The number of amides is 1. The molecule has 0 saturated heterocycles. The third kappa shape index (κ3) is 3.50. The number of carbonyl (C=O) groups is 1. The minimum absolute atomic E-state index is 0.176. The Morgan fingerprint density at radius 3 is 2.48 bits per heavy atom. The van der Waals surface area contributed by atoms with Crippen molar-refractivity contribution in [2.75, 3.05) is 0 Å². The lowest BCUT2D eigenvalue weighted by atomic mass is 9.83. The predicted molar refractivity (Wildman–Crippen MR) is 88.8 cm³/mol. The van der Waals surface area contributed by atoms with Crippen LogP contribution in [-0.2, 0) is 0 Å². The van der Waals surface area contributed by atoms with Crippen molar-refractivity contribution in [2.24, 2.45) is 0 Å². The molecule has 1 N–H and O–H groups in total. The van der Waals surface area contributed by atoms with Gasteiger partial charge in [-0.2, -0.15) is 9.78 Å². The maximum Gasteiger partial charge on any atom is 0.272 e. The van der Waals surface area contributed by atoms with E-state index in [4.69, 9.17) is 0 Å². The van der Waals surface area contributed by atoms with Crippen LogP contribution in [0.4, 0.5) is 0 Å². The van der Waals surface area contributed by atoms with Gasteiger partial charge in [-0.3, -0.25) is 9.59 Å². The van der Waals surface area contributed by atoms with Gasteiger partial charge in [0, 0.05) is 11.6 Å². The molecule has 1 fully saturated rings. The summed E-state index contributed by atoms with van der Waals surface area (Å²) in [5.41, 5.74) is 0.484. The summed E-state index contributed by atoms with van der Waals surface area (Å²) in [4.78, 5) is 24.5. The van der Waals surface area contributed by atoms with Crippen LogP contribution in [0.15, 0.2) is 47.3 Å². The number of nitrogens with zero attached hydrogens (tertiary/aromatic N) is 2. The quantitative estimate of drug-likeness (QED) is 0.948. The van der Waals surface area contributed by atoms with Crippen molar-refractivity contribution in [2.45, 2.75) is 44.6 Å². The molecule has 3 rings (SSSR count). The largest absolute Gasteiger partial charge is 0.345 e. The van der Waals surface area contributed by atoms with E-state index in [1.807, 2.05) is 18.2 Å². The van der Waals surface area contributed by atoms with E-state index in [0.717, 1.165) is 25.7 Å². The van der Waals surface area contributed by atoms with Crippen molar-refractivity contribution in [3.05, 3.63) is 58.5 Å². The zero-order chi connectivity index (χ0) is 16.3. The minimum atomic E-state index is -0.253. The van der Waals surface area contributed by atoms with Crippen LogP contribution in [-0.4, -0.2) is 21.2 Å². The maximum atomic E-state index is 12.5. The SMILES string of the molecule is CC1(NC(=O)c2ccc(=O)n(-c3ccccc3)n2)CCCCC1. The standard InChI is InChI=1S/C18H21N3O2/c1-18(12-6-3-7-13-18)19-17(23)15-10-11-16(22)21(20-15)14-8-4-2-5-9-14/h2,4-5,8-11H,3,6-7,12-13H2,1H3,(H,19,23). The number of aromatic nitrogens is 2. The lowest BCUT2D eigenvalue weighted by Gasteiger charge is -2.34. The van der Waals surface area contributed by atoms with Crippen molar-refractivity contribution < 1.29 is 4.79 Å². The Morgan fingerprint density at radius 1 is 1.09 bits per heavy atom. The van der Waals surface area contributed by atoms with E-state index in [2.05, 4.69) is 17.3 Å². The lowest BCUT2D eigenvalue weighted by molar-refractivity contribution is 0.0875. The van der Waals surface area contributed by atoms with Crippen molar-refractivity contribution in [1.29, 1.82) is 0 Å². The topological polar surface area (TPSA) is 64.0 Å². The average molecular weight is 311 g/mol. The summed E-state index contributed by atoms with van der Waals surface area (Å²) >= 11 is 0. The zero-order valence-electron chi connectivity index (χ0n) is 13.3. The van der Waals surface area contributed by atoms with Gasteiger partial charge in [-0.25, -0.2) is 0 Å². The Labute approximate surface area is 135 Å². The highest BCUT2D eigenvalue weighted by Gasteiger charge is 2.29. The third-order valence-electron chi connectivity index (χ3n) is 4.41. The fourth-order valence-corrected chi connectivity index (χ4v) is 3.08. The van der Waals surface area contributed by atoms with Crippen molar-refractivity contribution in [3.8, 4) is 5.69 Å².